The van der Waals surface area contributed by atoms with E-state index >= 15 is 0 Å². The number of amides is 1. The van der Waals surface area contributed by atoms with Crippen LogP contribution < -0.4 is 5.73 Å². The third kappa shape index (κ3) is 2.26. The summed E-state index contributed by atoms with van der Waals surface area (Å²) in [5.74, 6) is -0.208. The highest BCUT2D eigenvalue weighted by Gasteiger charge is 2.23. The lowest BCUT2D eigenvalue weighted by atomic mass is 10.1. The molecule has 0 radical (unpaired) electrons. The maximum absolute atomic E-state index is 11.9. The van der Waals surface area contributed by atoms with Gasteiger partial charge in [0.05, 0.1) is 0 Å². The summed E-state index contributed by atoms with van der Waals surface area (Å²) in [4.78, 5) is 13.5. The fraction of sp³-hybridized carbons (Fsp3) is 0.667. The van der Waals surface area contributed by atoms with Gasteiger partial charge in [0.2, 0.25) is 11.5 Å². The molecule has 1 rings (SSSR count). The largest absolute Gasteiger partial charge is 0.379 e. The normalized spacial score (nSPS) is 10.7. The van der Waals surface area contributed by atoms with Gasteiger partial charge in [-0.3, -0.25) is 4.79 Å². The molecule has 0 atom stereocenters. The van der Waals surface area contributed by atoms with Crippen molar-refractivity contribution in [1.29, 1.82) is 0 Å². The fourth-order valence-corrected chi connectivity index (χ4v) is 1.51. The minimum atomic E-state index is -0.248. The first kappa shape index (κ1) is 11.5. The van der Waals surface area contributed by atoms with Gasteiger partial charge in [-0.2, -0.15) is 0 Å². The van der Waals surface area contributed by atoms with E-state index in [1.54, 1.807) is 11.9 Å². The van der Waals surface area contributed by atoms with Crippen molar-refractivity contribution >= 4 is 11.7 Å². The molecule has 1 amide bonds. The van der Waals surface area contributed by atoms with Gasteiger partial charge in [-0.05, 0) is 23.2 Å². The average Bonchev–Trinajstić information content (AvgIpc) is 2.65. The Kier molecular flexibility index (Phi) is 3.65. The van der Waals surface area contributed by atoms with Crippen molar-refractivity contribution in [2.24, 2.45) is 0 Å². The molecule has 84 valence electrons. The molecule has 2 N–H and O–H groups in total. The number of carbonyl (C=O) groups is 1. The molecule has 0 aliphatic carbocycles. The van der Waals surface area contributed by atoms with Gasteiger partial charge >= 0.3 is 0 Å². The maximum Gasteiger partial charge on any atom is 0.280 e. The molecule has 15 heavy (non-hydrogen) atoms. The molecule has 0 aromatic carbocycles. The summed E-state index contributed by atoms with van der Waals surface area (Å²) in [5.41, 5.74) is 5.53. The molecule has 0 aliphatic rings. The molecular weight excluding hydrogens is 196 g/mol. The van der Waals surface area contributed by atoms with Gasteiger partial charge in [0.15, 0.2) is 0 Å². The van der Waals surface area contributed by atoms with Gasteiger partial charge in [-0.25, -0.2) is 4.63 Å². The lowest BCUT2D eigenvalue weighted by molar-refractivity contribution is 0.0713. The number of hydrogen-bond donors (Lipinski definition) is 1. The van der Waals surface area contributed by atoms with Crippen molar-refractivity contribution in [2.75, 3.05) is 12.8 Å². The number of rotatable bonds is 4. The predicted octanol–water partition coefficient (Wildman–Crippen LogP) is 0.912. The number of anilines is 1. The van der Waals surface area contributed by atoms with Crippen LogP contribution in [0.1, 0.15) is 37.2 Å². The Balaban J connectivity index is 2.81. The van der Waals surface area contributed by atoms with Crippen molar-refractivity contribution in [1.82, 2.24) is 15.2 Å². The second-order valence-corrected chi connectivity index (χ2v) is 3.38. The predicted molar refractivity (Wildman–Crippen MR) is 55.2 cm³/mol. The number of hydrogen-bond acceptors (Lipinski definition) is 5. The summed E-state index contributed by atoms with van der Waals surface area (Å²) in [6.07, 6.45) is 1.79. The SMILES string of the molecule is CCC(CC)N(C)C(=O)c1nonc1N. The van der Waals surface area contributed by atoms with Crippen LogP contribution in [-0.2, 0) is 0 Å². The minimum Gasteiger partial charge on any atom is -0.379 e. The highest BCUT2D eigenvalue weighted by atomic mass is 16.6. The quantitative estimate of drug-likeness (QED) is 0.801. The third-order valence-electron chi connectivity index (χ3n) is 2.53. The number of aromatic nitrogens is 2. The van der Waals surface area contributed by atoms with Crippen LogP contribution in [0.25, 0.3) is 0 Å². The van der Waals surface area contributed by atoms with Crippen molar-refractivity contribution in [3.8, 4) is 0 Å². The van der Waals surface area contributed by atoms with Crippen LogP contribution in [0.15, 0.2) is 4.63 Å². The van der Waals surface area contributed by atoms with E-state index in [2.05, 4.69) is 14.9 Å². The van der Waals surface area contributed by atoms with E-state index in [0.717, 1.165) is 12.8 Å². The van der Waals surface area contributed by atoms with E-state index in [0.29, 0.717) is 0 Å². The molecule has 1 aromatic heterocycles. The molecule has 6 heteroatoms. The van der Waals surface area contributed by atoms with Gasteiger partial charge in [0, 0.05) is 13.1 Å². The highest BCUT2D eigenvalue weighted by Crippen LogP contribution is 2.13. The van der Waals surface area contributed by atoms with Gasteiger partial charge in [0.25, 0.3) is 5.91 Å². The van der Waals surface area contributed by atoms with Crippen molar-refractivity contribution in [3.05, 3.63) is 5.69 Å². The lowest BCUT2D eigenvalue weighted by Gasteiger charge is -2.25. The van der Waals surface area contributed by atoms with Gasteiger partial charge in [-0.1, -0.05) is 13.8 Å². The number of carbonyl (C=O) groups excluding carboxylic acids is 1. The Morgan fingerprint density at radius 2 is 2.07 bits per heavy atom. The molecule has 1 heterocycles. The molecule has 0 saturated heterocycles. The average molecular weight is 212 g/mol. The number of nitrogen functional groups attached to an aromatic ring is 1. The van der Waals surface area contributed by atoms with Crippen molar-refractivity contribution in [3.63, 3.8) is 0 Å². The van der Waals surface area contributed by atoms with Crippen LogP contribution >= 0.6 is 0 Å². The maximum atomic E-state index is 11.9. The molecule has 0 fully saturated rings. The van der Waals surface area contributed by atoms with Crippen molar-refractivity contribution in [2.45, 2.75) is 32.7 Å². The summed E-state index contributed by atoms with van der Waals surface area (Å²) >= 11 is 0. The van der Waals surface area contributed by atoms with E-state index in [1.807, 2.05) is 13.8 Å². The zero-order valence-corrected chi connectivity index (χ0v) is 9.23. The zero-order chi connectivity index (χ0) is 11.4. The standard InChI is InChI=1S/C9H16N4O2/c1-4-6(5-2)13(3)9(14)7-8(10)12-15-11-7/h6H,4-5H2,1-3H3,(H2,10,12). The van der Waals surface area contributed by atoms with E-state index in [1.165, 1.54) is 0 Å². The molecule has 0 bridgehead atoms. The van der Waals surface area contributed by atoms with Gasteiger partial charge < -0.3 is 10.6 Å². The van der Waals surface area contributed by atoms with E-state index in [-0.39, 0.29) is 23.5 Å². The smallest absolute Gasteiger partial charge is 0.280 e. The molecule has 0 spiro atoms. The van der Waals surface area contributed by atoms with Gasteiger partial charge in [-0.15, -0.1) is 0 Å². The molecule has 6 nitrogen and oxygen atoms in total. The zero-order valence-electron chi connectivity index (χ0n) is 9.23. The summed E-state index contributed by atoms with van der Waals surface area (Å²) in [6, 6.07) is 0.189. The molecular formula is C9H16N4O2. The summed E-state index contributed by atoms with van der Waals surface area (Å²) in [7, 11) is 1.73. The summed E-state index contributed by atoms with van der Waals surface area (Å²) in [5, 5.41) is 6.86. The molecule has 0 saturated carbocycles. The van der Waals surface area contributed by atoms with E-state index in [4.69, 9.17) is 5.73 Å². The number of nitrogens with zero attached hydrogens (tertiary/aromatic N) is 3. The third-order valence-corrected chi connectivity index (χ3v) is 2.53. The summed E-state index contributed by atoms with van der Waals surface area (Å²) in [6.45, 7) is 4.06. The first-order valence-electron chi connectivity index (χ1n) is 4.96. The lowest BCUT2D eigenvalue weighted by Crippen LogP contribution is -2.36. The van der Waals surface area contributed by atoms with Crippen LogP contribution in [0.4, 0.5) is 5.82 Å². The second kappa shape index (κ2) is 4.77. The first-order valence-corrected chi connectivity index (χ1v) is 4.96. The van der Waals surface area contributed by atoms with Crippen LogP contribution in [0.2, 0.25) is 0 Å². The molecule has 1 aromatic rings. The van der Waals surface area contributed by atoms with E-state index in [9.17, 15) is 4.79 Å². The Labute approximate surface area is 88.4 Å². The van der Waals surface area contributed by atoms with Crippen LogP contribution in [0.5, 0.6) is 0 Å². The van der Waals surface area contributed by atoms with Crippen molar-refractivity contribution < 1.29 is 9.42 Å². The Morgan fingerprint density at radius 1 is 1.47 bits per heavy atom. The second-order valence-electron chi connectivity index (χ2n) is 3.38. The molecule has 0 aliphatic heterocycles. The van der Waals surface area contributed by atoms with Gasteiger partial charge in [0.1, 0.15) is 0 Å². The minimum absolute atomic E-state index is 0.0396. The number of nitrogens with two attached hydrogens (primary N) is 1. The fourth-order valence-electron chi connectivity index (χ4n) is 1.51. The Morgan fingerprint density at radius 3 is 2.47 bits per heavy atom. The highest BCUT2D eigenvalue weighted by molar-refractivity contribution is 5.96. The monoisotopic (exact) mass is 212 g/mol. The Hall–Kier alpha value is -1.59. The van der Waals surface area contributed by atoms with Crippen LogP contribution in [0, 0.1) is 0 Å². The molecule has 0 unspecified atom stereocenters. The van der Waals surface area contributed by atoms with Crippen LogP contribution in [0.3, 0.4) is 0 Å². The Bertz CT molecular complexity index is 333. The first-order chi connectivity index (χ1) is 7.11. The summed E-state index contributed by atoms with van der Waals surface area (Å²) < 4.78 is 4.39. The van der Waals surface area contributed by atoms with Crippen LogP contribution in [-0.4, -0.2) is 34.2 Å². The van der Waals surface area contributed by atoms with E-state index < -0.39 is 0 Å². The topological polar surface area (TPSA) is 85.2 Å².